The zero-order valence-electron chi connectivity index (χ0n) is 16.8. The molecule has 7 heteroatoms. The van der Waals surface area contributed by atoms with E-state index in [4.69, 9.17) is 10.5 Å². The van der Waals surface area contributed by atoms with E-state index in [0.717, 1.165) is 56.5 Å². The lowest BCUT2D eigenvalue weighted by atomic mass is 9.90. The Kier molecular flexibility index (Phi) is 5.56. The number of hydrogen-bond donors (Lipinski definition) is 1. The number of Topliss-reactive ketones (excluding diaryl/α,β-unsaturated/α-hetero) is 1. The fourth-order valence-electron chi connectivity index (χ4n) is 4.52. The number of nitrogens with zero attached hydrogens (tertiary/aromatic N) is 3. The highest BCUT2D eigenvalue weighted by molar-refractivity contribution is 6.02. The van der Waals surface area contributed by atoms with Gasteiger partial charge in [-0.25, -0.2) is 4.68 Å². The molecule has 0 bridgehead atoms. The second-order valence-corrected chi connectivity index (χ2v) is 8.02. The number of hydrogen-bond acceptors (Lipinski definition) is 5. The molecule has 29 heavy (non-hydrogen) atoms. The zero-order chi connectivity index (χ0) is 20.4. The second kappa shape index (κ2) is 8.27. The summed E-state index contributed by atoms with van der Waals surface area (Å²) in [7, 11) is 1.61. The second-order valence-electron chi connectivity index (χ2n) is 8.02. The maximum absolute atomic E-state index is 13.2. The van der Waals surface area contributed by atoms with Crippen molar-refractivity contribution in [3.63, 3.8) is 0 Å². The van der Waals surface area contributed by atoms with E-state index in [1.807, 2.05) is 29.2 Å². The van der Waals surface area contributed by atoms with Crippen LogP contribution in [0.5, 0.6) is 5.75 Å². The van der Waals surface area contributed by atoms with Gasteiger partial charge in [-0.1, -0.05) is 12.8 Å². The number of nitrogen functional groups attached to an aromatic ring is 1. The lowest BCUT2D eigenvalue weighted by molar-refractivity contribution is -0.136. The molecule has 1 unspecified atom stereocenters. The van der Waals surface area contributed by atoms with E-state index in [0.29, 0.717) is 17.9 Å². The summed E-state index contributed by atoms with van der Waals surface area (Å²) < 4.78 is 6.74. The van der Waals surface area contributed by atoms with Crippen molar-refractivity contribution in [2.24, 2.45) is 11.8 Å². The molecular weight excluding hydrogens is 368 g/mol. The van der Waals surface area contributed by atoms with Crippen LogP contribution in [0.1, 0.15) is 48.9 Å². The Morgan fingerprint density at radius 1 is 1.07 bits per heavy atom. The minimum absolute atomic E-state index is 0.0221. The smallest absolute Gasteiger partial charge is 0.225 e. The molecule has 2 N–H and O–H groups in total. The first-order chi connectivity index (χ1) is 14.1. The Hall–Kier alpha value is -2.83. The predicted octanol–water partition coefficient (Wildman–Crippen LogP) is 3.07. The number of carbonyl (C=O) groups excluding carboxylic acids is 2. The fraction of sp³-hybridized carbons (Fsp3) is 0.500. The van der Waals surface area contributed by atoms with Crippen molar-refractivity contribution in [2.45, 2.75) is 38.5 Å². The third-order valence-corrected chi connectivity index (χ3v) is 6.20. The van der Waals surface area contributed by atoms with Gasteiger partial charge in [0.15, 0.2) is 5.78 Å². The summed E-state index contributed by atoms with van der Waals surface area (Å²) in [5.41, 5.74) is 7.47. The molecule has 2 aromatic rings. The van der Waals surface area contributed by atoms with Crippen molar-refractivity contribution < 1.29 is 14.3 Å². The van der Waals surface area contributed by atoms with Crippen LogP contribution in [0.2, 0.25) is 0 Å². The molecule has 1 aromatic carbocycles. The molecule has 1 aliphatic heterocycles. The minimum Gasteiger partial charge on any atom is -0.497 e. The summed E-state index contributed by atoms with van der Waals surface area (Å²) in [6.45, 7) is 1.24. The van der Waals surface area contributed by atoms with Gasteiger partial charge in [0.25, 0.3) is 0 Å². The Bertz CT molecular complexity index is 884. The van der Waals surface area contributed by atoms with Crippen LogP contribution in [0.25, 0.3) is 5.69 Å². The average molecular weight is 396 g/mol. The molecule has 1 atom stereocenters. The van der Waals surface area contributed by atoms with Gasteiger partial charge < -0.3 is 15.4 Å². The third kappa shape index (κ3) is 3.86. The summed E-state index contributed by atoms with van der Waals surface area (Å²) in [5, 5.41) is 4.32. The average Bonchev–Trinajstić information content (AvgIpc) is 3.43. The van der Waals surface area contributed by atoms with Crippen LogP contribution in [0, 0.1) is 11.8 Å². The van der Waals surface area contributed by atoms with Crippen LogP contribution >= 0.6 is 0 Å². The minimum atomic E-state index is -0.218. The van der Waals surface area contributed by atoms with Gasteiger partial charge in [0.05, 0.1) is 24.6 Å². The molecule has 2 fully saturated rings. The summed E-state index contributed by atoms with van der Waals surface area (Å²) in [6, 6.07) is 7.34. The van der Waals surface area contributed by atoms with E-state index in [1.54, 1.807) is 18.0 Å². The topological polar surface area (TPSA) is 90.5 Å². The van der Waals surface area contributed by atoms with E-state index in [9.17, 15) is 9.59 Å². The molecule has 2 aliphatic rings. The Balaban J connectivity index is 1.49. The monoisotopic (exact) mass is 396 g/mol. The summed E-state index contributed by atoms with van der Waals surface area (Å²) >= 11 is 0. The van der Waals surface area contributed by atoms with Crippen molar-refractivity contribution in [1.82, 2.24) is 14.7 Å². The lowest BCUT2D eigenvalue weighted by Gasteiger charge is -2.33. The summed E-state index contributed by atoms with van der Waals surface area (Å²) in [5.74, 6) is 1.20. The maximum Gasteiger partial charge on any atom is 0.225 e. The normalized spacial score (nSPS) is 20.0. The number of rotatable bonds is 5. The highest BCUT2D eigenvalue weighted by Crippen LogP contribution is 2.30. The first kappa shape index (κ1) is 19.5. The van der Waals surface area contributed by atoms with Gasteiger partial charge in [-0.15, -0.1) is 0 Å². The number of aromatic nitrogens is 2. The Labute approximate surface area is 170 Å². The van der Waals surface area contributed by atoms with Crippen LogP contribution in [-0.2, 0) is 4.79 Å². The molecule has 1 aliphatic carbocycles. The number of piperidine rings is 1. The van der Waals surface area contributed by atoms with E-state index >= 15 is 0 Å². The number of amides is 1. The molecule has 4 rings (SSSR count). The van der Waals surface area contributed by atoms with Crippen LogP contribution in [0.15, 0.2) is 30.5 Å². The number of carbonyl (C=O) groups is 2. The van der Waals surface area contributed by atoms with E-state index in [2.05, 4.69) is 5.10 Å². The predicted molar refractivity (Wildman–Crippen MR) is 110 cm³/mol. The Morgan fingerprint density at radius 3 is 2.45 bits per heavy atom. The molecule has 1 aromatic heterocycles. The van der Waals surface area contributed by atoms with Gasteiger partial charge in [-0.3, -0.25) is 9.59 Å². The molecule has 1 amide bonds. The number of likely N-dealkylation sites (tertiary alicyclic amines) is 1. The van der Waals surface area contributed by atoms with E-state index in [-0.39, 0.29) is 23.5 Å². The van der Waals surface area contributed by atoms with Crippen LogP contribution in [-0.4, -0.2) is 46.6 Å². The SMILES string of the molecule is COc1ccc(-n2ncc(C(=O)C3CCCN(C(=O)C4CCCC4)C3)c2N)cc1. The van der Waals surface area contributed by atoms with Crippen LogP contribution in [0.4, 0.5) is 5.82 Å². The summed E-state index contributed by atoms with van der Waals surface area (Å²) in [4.78, 5) is 27.8. The highest BCUT2D eigenvalue weighted by Gasteiger charge is 2.34. The third-order valence-electron chi connectivity index (χ3n) is 6.20. The first-order valence-corrected chi connectivity index (χ1v) is 10.4. The van der Waals surface area contributed by atoms with Gasteiger partial charge in [-0.05, 0) is 49.9 Å². The van der Waals surface area contributed by atoms with Gasteiger partial charge >= 0.3 is 0 Å². The van der Waals surface area contributed by atoms with E-state index < -0.39 is 0 Å². The quantitative estimate of drug-likeness (QED) is 0.785. The Morgan fingerprint density at radius 2 is 1.76 bits per heavy atom. The van der Waals surface area contributed by atoms with Gasteiger partial charge in [-0.2, -0.15) is 5.10 Å². The molecule has 154 valence electrons. The number of ketones is 1. The van der Waals surface area contributed by atoms with Crippen molar-refractivity contribution in [1.29, 1.82) is 0 Å². The van der Waals surface area contributed by atoms with Crippen molar-refractivity contribution >= 4 is 17.5 Å². The molecule has 7 nitrogen and oxygen atoms in total. The number of nitrogens with two attached hydrogens (primary N) is 1. The molecule has 1 saturated heterocycles. The first-order valence-electron chi connectivity index (χ1n) is 10.4. The largest absolute Gasteiger partial charge is 0.497 e. The van der Waals surface area contributed by atoms with Gasteiger partial charge in [0.1, 0.15) is 11.6 Å². The molecule has 0 spiro atoms. The lowest BCUT2D eigenvalue weighted by Crippen LogP contribution is -2.44. The summed E-state index contributed by atoms with van der Waals surface area (Å²) in [6.07, 6.45) is 7.40. The van der Waals surface area contributed by atoms with Crippen LogP contribution < -0.4 is 10.5 Å². The number of methoxy groups -OCH3 is 1. The molecule has 1 saturated carbocycles. The molecule has 2 heterocycles. The number of anilines is 1. The van der Waals surface area contributed by atoms with Crippen molar-refractivity contribution in [3.05, 3.63) is 36.0 Å². The van der Waals surface area contributed by atoms with Crippen molar-refractivity contribution in [3.8, 4) is 11.4 Å². The molecule has 0 radical (unpaired) electrons. The number of ether oxygens (including phenoxy) is 1. The fourth-order valence-corrected chi connectivity index (χ4v) is 4.52. The van der Waals surface area contributed by atoms with Crippen LogP contribution in [0.3, 0.4) is 0 Å². The van der Waals surface area contributed by atoms with E-state index in [1.165, 1.54) is 0 Å². The zero-order valence-corrected chi connectivity index (χ0v) is 16.8. The standard InChI is InChI=1S/C22H28N4O3/c1-29-18-10-8-17(9-11-18)26-21(23)19(13-24-26)20(27)16-7-4-12-25(14-16)22(28)15-5-2-3-6-15/h8-11,13,15-16H,2-7,12,14,23H2,1H3. The number of benzene rings is 1. The molecular formula is C22H28N4O3. The van der Waals surface area contributed by atoms with Gasteiger partial charge in [0, 0.05) is 24.9 Å². The van der Waals surface area contributed by atoms with Gasteiger partial charge in [0.2, 0.25) is 5.91 Å². The highest BCUT2D eigenvalue weighted by atomic mass is 16.5. The maximum atomic E-state index is 13.2. The van der Waals surface area contributed by atoms with Crippen molar-refractivity contribution in [2.75, 3.05) is 25.9 Å².